The van der Waals surface area contributed by atoms with Crippen LogP contribution >= 0.6 is 0 Å². The Hall–Kier alpha value is -1.12. The number of allylic oxidation sites excluding steroid dienone is 1. The van der Waals surface area contributed by atoms with Gasteiger partial charge in [0.2, 0.25) is 0 Å². The highest BCUT2D eigenvalue weighted by Crippen LogP contribution is 2.27. The fourth-order valence-corrected chi connectivity index (χ4v) is 3.19. The molecule has 1 aromatic carbocycles. The van der Waals surface area contributed by atoms with Crippen LogP contribution in [0.25, 0.3) is 0 Å². The molecule has 1 aliphatic heterocycles. The lowest BCUT2D eigenvalue weighted by molar-refractivity contribution is 0.0913. The van der Waals surface area contributed by atoms with E-state index in [9.17, 15) is 0 Å². The lowest BCUT2D eigenvalue weighted by atomic mass is 9.87. The first kappa shape index (κ1) is 16.3. The van der Waals surface area contributed by atoms with Crippen molar-refractivity contribution in [3.63, 3.8) is 0 Å². The maximum Gasteiger partial charge on any atom is 0.0535 e. The summed E-state index contributed by atoms with van der Waals surface area (Å²) in [6.45, 7) is 12.2. The van der Waals surface area contributed by atoms with Gasteiger partial charge in [0.25, 0.3) is 0 Å². The van der Waals surface area contributed by atoms with E-state index in [0.717, 1.165) is 19.6 Å². The lowest BCUT2D eigenvalue weighted by Gasteiger charge is -2.46. The zero-order chi connectivity index (χ0) is 15.3. The molecule has 2 rings (SSSR count). The summed E-state index contributed by atoms with van der Waals surface area (Å²) >= 11 is 0. The number of hydrogen-bond acceptors (Lipinski definition) is 2. The SMILES string of the molecule is CCCC1CNC(C)(c2ccccc2)CN1CC=C(C)C. The molecule has 116 valence electrons. The zero-order valence-electron chi connectivity index (χ0n) is 14.0. The Morgan fingerprint density at radius 1 is 1.33 bits per heavy atom. The van der Waals surface area contributed by atoms with Gasteiger partial charge >= 0.3 is 0 Å². The standard InChI is InChI=1S/C19H30N2/c1-5-9-18-14-20-19(4,17-10-7-6-8-11-17)15-21(18)13-12-16(2)3/h6-8,10-12,18,20H,5,9,13-15H2,1-4H3. The highest BCUT2D eigenvalue weighted by molar-refractivity contribution is 5.25. The van der Waals surface area contributed by atoms with Gasteiger partial charge < -0.3 is 5.32 Å². The number of nitrogens with zero attached hydrogens (tertiary/aromatic N) is 1. The first-order valence-corrected chi connectivity index (χ1v) is 8.23. The molecule has 0 radical (unpaired) electrons. The van der Waals surface area contributed by atoms with Crippen molar-refractivity contribution in [1.82, 2.24) is 10.2 Å². The van der Waals surface area contributed by atoms with E-state index < -0.39 is 0 Å². The fraction of sp³-hybridized carbons (Fsp3) is 0.579. The summed E-state index contributed by atoms with van der Waals surface area (Å²) in [6, 6.07) is 11.5. The van der Waals surface area contributed by atoms with E-state index in [4.69, 9.17) is 0 Å². The van der Waals surface area contributed by atoms with Crippen LogP contribution in [0.3, 0.4) is 0 Å². The molecule has 2 nitrogen and oxygen atoms in total. The van der Waals surface area contributed by atoms with E-state index in [-0.39, 0.29) is 5.54 Å². The zero-order valence-corrected chi connectivity index (χ0v) is 14.0. The Kier molecular flexibility index (Phi) is 5.60. The normalized spacial score (nSPS) is 26.6. The van der Waals surface area contributed by atoms with Gasteiger partial charge in [-0.15, -0.1) is 0 Å². The van der Waals surface area contributed by atoms with Crippen LogP contribution in [0.2, 0.25) is 0 Å². The maximum absolute atomic E-state index is 3.80. The smallest absolute Gasteiger partial charge is 0.0535 e. The topological polar surface area (TPSA) is 15.3 Å². The van der Waals surface area contributed by atoms with Crippen molar-refractivity contribution in [2.24, 2.45) is 0 Å². The average Bonchev–Trinajstić information content (AvgIpc) is 2.49. The van der Waals surface area contributed by atoms with Gasteiger partial charge in [-0.1, -0.05) is 55.3 Å². The van der Waals surface area contributed by atoms with Gasteiger partial charge in [-0.25, -0.2) is 0 Å². The second-order valence-electron chi connectivity index (χ2n) is 6.73. The van der Waals surface area contributed by atoms with Crippen molar-refractivity contribution in [2.75, 3.05) is 19.6 Å². The number of benzene rings is 1. The summed E-state index contributed by atoms with van der Waals surface area (Å²) in [7, 11) is 0. The van der Waals surface area contributed by atoms with E-state index in [0.29, 0.717) is 6.04 Å². The molecule has 0 saturated carbocycles. The van der Waals surface area contributed by atoms with Gasteiger partial charge in [0.05, 0.1) is 5.54 Å². The van der Waals surface area contributed by atoms with Crippen molar-refractivity contribution in [3.8, 4) is 0 Å². The minimum Gasteiger partial charge on any atom is -0.305 e. The molecule has 2 unspecified atom stereocenters. The summed E-state index contributed by atoms with van der Waals surface area (Å²) < 4.78 is 0. The lowest BCUT2D eigenvalue weighted by Crippen LogP contribution is -2.61. The molecule has 2 heteroatoms. The molecule has 1 aromatic rings. The second kappa shape index (κ2) is 7.24. The largest absolute Gasteiger partial charge is 0.305 e. The summed E-state index contributed by atoms with van der Waals surface area (Å²) in [6.07, 6.45) is 4.88. The van der Waals surface area contributed by atoms with Crippen molar-refractivity contribution in [2.45, 2.75) is 52.1 Å². The van der Waals surface area contributed by atoms with Crippen LogP contribution in [0, 0.1) is 0 Å². The summed E-state index contributed by atoms with van der Waals surface area (Å²) in [5.41, 5.74) is 2.86. The summed E-state index contributed by atoms with van der Waals surface area (Å²) in [4.78, 5) is 2.65. The van der Waals surface area contributed by atoms with Gasteiger partial charge in [-0.2, -0.15) is 0 Å². The molecule has 2 atom stereocenters. The quantitative estimate of drug-likeness (QED) is 0.825. The minimum atomic E-state index is 0.0565. The van der Waals surface area contributed by atoms with E-state index in [1.54, 1.807) is 0 Å². The molecule has 1 aliphatic rings. The highest BCUT2D eigenvalue weighted by Gasteiger charge is 2.35. The molecule has 1 N–H and O–H groups in total. The molecule has 0 aromatic heterocycles. The first-order chi connectivity index (χ1) is 10.0. The monoisotopic (exact) mass is 286 g/mol. The van der Waals surface area contributed by atoms with Crippen LogP contribution in [-0.4, -0.2) is 30.6 Å². The number of piperazine rings is 1. The van der Waals surface area contributed by atoms with E-state index in [1.807, 2.05) is 0 Å². The molecular weight excluding hydrogens is 256 g/mol. The Balaban J connectivity index is 2.16. The molecule has 21 heavy (non-hydrogen) atoms. The van der Waals surface area contributed by atoms with Gasteiger partial charge in [0, 0.05) is 25.7 Å². The maximum atomic E-state index is 3.80. The molecule has 0 spiro atoms. The van der Waals surface area contributed by atoms with Crippen molar-refractivity contribution in [1.29, 1.82) is 0 Å². The Morgan fingerprint density at radius 2 is 2.05 bits per heavy atom. The molecule has 0 aliphatic carbocycles. The van der Waals surface area contributed by atoms with Crippen LogP contribution < -0.4 is 5.32 Å². The van der Waals surface area contributed by atoms with Crippen LogP contribution in [0.15, 0.2) is 42.0 Å². The van der Waals surface area contributed by atoms with E-state index in [2.05, 4.69) is 74.3 Å². The van der Waals surface area contributed by atoms with Gasteiger partial charge in [0.15, 0.2) is 0 Å². The third kappa shape index (κ3) is 4.18. The number of hydrogen-bond donors (Lipinski definition) is 1. The third-order valence-electron chi connectivity index (χ3n) is 4.53. The van der Waals surface area contributed by atoms with Crippen molar-refractivity contribution < 1.29 is 0 Å². The number of nitrogens with one attached hydrogen (secondary N) is 1. The van der Waals surface area contributed by atoms with Crippen molar-refractivity contribution in [3.05, 3.63) is 47.5 Å². The fourth-order valence-electron chi connectivity index (χ4n) is 3.19. The predicted molar refractivity (Wildman–Crippen MR) is 91.5 cm³/mol. The van der Waals surface area contributed by atoms with Gasteiger partial charge in [-0.3, -0.25) is 4.90 Å². The summed E-state index contributed by atoms with van der Waals surface area (Å²) in [5.74, 6) is 0. The Morgan fingerprint density at radius 3 is 2.67 bits per heavy atom. The van der Waals surface area contributed by atoms with Gasteiger partial charge in [0.1, 0.15) is 0 Å². The van der Waals surface area contributed by atoms with Crippen LogP contribution in [0.5, 0.6) is 0 Å². The molecule has 0 bridgehead atoms. The first-order valence-electron chi connectivity index (χ1n) is 8.23. The Labute approximate surface area is 130 Å². The molecule has 0 amide bonds. The Bertz CT molecular complexity index is 462. The number of rotatable bonds is 5. The van der Waals surface area contributed by atoms with Gasteiger partial charge in [-0.05, 0) is 32.8 Å². The summed E-state index contributed by atoms with van der Waals surface area (Å²) in [5, 5.41) is 3.80. The molecule has 1 heterocycles. The highest BCUT2D eigenvalue weighted by atomic mass is 15.2. The van der Waals surface area contributed by atoms with E-state index in [1.165, 1.54) is 24.0 Å². The molecule has 1 saturated heterocycles. The van der Waals surface area contributed by atoms with Crippen LogP contribution in [-0.2, 0) is 5.54 Å². The van der Waals surface area contributed by atoms with Crippen molar-refractivity contribution >= 4 is 0 Å². The average molecular weight is 286 g/mol. The second-order valence-corrected chi connectivity index (χ2v) is 6.73. The predicted octanol–water partition coefficient (Wildman–Crippen LogP) is 3.94. The van der Waals surface area contributed by atoms with Crippen LogP contribution in [0.1, 0.15) is 46.1 Å². The molecular formula is C19H30N2. The minimum absolute atomic E-state index is 0.0565. The van der Waals surface area contributed by atoms with Crippen LogP contribution in [0.4, 0.5) is 0 Å². The third-order valence-corrected chi connectivity index (χ3v) is 4.53. The molecule has 1 fully saturated rings. The van der Waals surface area contributed by atoms with E-state index >= 15 is 0 Å².